The molecule has 3 aromatic carbocycles. The van der Waals surface area contributed by atoms with Gasteiger partial charge in [0.05, 0.1) is 37.3 Å². The van der Waals surface area contributed by atoms with Crippen molar-refractivity contribution >= 4 is 23.7 Å². The van der Waals surface area contributed by atoms with Crippen molar-refractivity contribution in [3.05, 3.63) is 94.8 Å². The van der Waals surface area contributed by atoms with Crippen molar-refractivity contribution in [1.29, 1.82) is 0 Å². The Morgan fingerprint density at radius 2 is 1.69 bits per heavy atom. The maximum Gasteiger partial charge on any atom is 0.273 e. The number of ether oxygens (including phenoxy) is 3. The van der Waals surface area contributed by atoms with Crippen LogP contribution in [0, 0.1) is 5.82 Å². The van der Waals surface area contributed by atoms with Crippen LogP contribution in [0.15, 0.2) is 71.8 Å². The lowest BCUT2D eigenvalue weighted by atomic mass is 10.1. The van der Waals surface area contributed by atoms with Crippen LogP contribution in [0.25, 0.3) is 0 Å². The van der Waals surface area contributed by atoms with E-state index in [-0.39, 0.29) is 23.8 Å². The Morgan fingerprint density at radius 3 is 2.44 bits per heavy atom. The lowest BCUT2D eigenvalue weighted by Crippen LogP contribution is -2.32. The number of nitrogens with zero attached hydrogens (tertiary/aromatic N) is 3. The Balaban J connectivity index is 1.72. The predicted molar refractivity (Wildman–Crippen MR) is 175 cm³/mol. The minimum atomic E-state index is -0.580. The number of rotatable bonds is 19. The molecule has 0 saturated heterocycles. The van der Waals surface area contributed by atoms with Crippen molar-refractivity contribution in [2.24, 2.45) is 5.10 Å². The van der Waals surface area contributed by atoms with Crippen LogP contribution >= 0.6 is 0 Å². The third kappa shape index (κ3) is 12.4. The summed E-state index contributed by atoms with van der Waals surface area (Å²) in [5.74, 6) is -0.942. The van der Waals surface area contributed by atoms with Crippen molar-refractivity contribution in [2.45, 2.75) is 20.4 Å². The summed E-state index contributed by atoms with van der Waals surface area (Å²) in [6.07, 6.45) is 1.33. The molecule has 0 aliphatic carbocycles. The van der Waals surface area contributed by atoms with Crippen molar-refractivity contribution < 1.29 is 28.2 Å². The summed E-state index contributed by atoms with van der Waals surface area (Å²) in [7, 11) is 3.66. The molecule has 0 bridgehead atoms. The number of halogens is 1. The molecule has 0 unspecified atom stereocenters. The van der Waals surface area contributed by atoms with Crippen LogP contribution in [0.2, 0.25) is 0 Å². The molecule has 11 heteroatoms. The Morgan fingerprint density at radius 1 is 0.911 bits per heavy atom. The van der Waals surface area contributed by atoms with Crippen molar-refractivity contribution in [3.63, 3.8) is 0 Å². The van der Waals surface area contributed by atoms with Gasteiger partial charge in [0.25, 0.3) is 11.8 Å². The first-order valence-electron chi connectivity index (χ1n) is 15.1. The zero-order valence-corrected chi connectivity index (χ0v) is 26.6. The Kier molecular flexibility index (Phi) is 15.1. The van der Waals surface area contributed by atoms with Gasteiger partial charge < -0.3 is 29.3 Å². The van der Waals surface area contributed by atoms with E-state index < -0.39 is 11.7 Å². The second-order valence-corrected chi connectivity index (χ2v) is 10.3. The third-order valence-electron chi connectivity index (χ3n) is 6.97. The zero-order chi connectivity index (χ0) is 32.4. The van der Waals surface area contributed by atoms with Gasteiger partial charge in [-0.05, 0) is 73.7 Å². The Labute approximate surface area is 265 Å². The van der Waals surface area contributed by atoms with E-state index in [9.17, 15) is 14.0 Å². The Bertz CT molecular complexity index is 1400. The molecule has 0 fully saturated rings. The van der Waals surface area contributed by atoms with Crippen molar-refractivity contribution in [3.8, 4) is 5.75 Å². The number of methoxy groups -OCH3 is 1. The average Bonchev–Trinajstić information content (AvgIpc) is 3.04. The van der Waals surface area contributed by atoms with Crippen molar-refractivity contribution in [1.82, 2.24) is 15.2 Å². The first-order chi connectivity index (χ1) is 21.8. The highest BCUT2D eigenvalue weighted by Crippen LogP contribution is 2.23. The van der Waals surface area contributed by atoms with E-state index in [0.717, 1.165) is 31.7 Å². The van der Waals surface area contributed by atoms with Gasteiger partial charge >= 0.3 is 0 Å². The highest BCUT2D eigenvalue weighted by Gasteiger charge is 2.17. The van der Waals surface area contributed by atoms with Crippen LogP contribution in [0.4, 0.5) is 10.1 Å². The number of likely N-dealkylation sites (N-methyl/N-ethyl adjacent to an activating group) is 2. The molecular weight excluding hydrogens is 577 g/mol. The fourth-order valence-electron chi connectivity index (χ4n) is 4.43. The minimum Gasteiger partial charge on any atom is -0.491 e. The van der Waals surface area contributed by atoms with E-state index in [1.165, 1.54) is 24.4 Å². The highest BCUT2D eigenvalue weighted by atomic mass is 19.1. The standard InChI is InChI=1S/C34H44FN5O5/c1-5-40(6-2)16-15-39(3)25-27-10-7-11-28(21-27)33(41)37-32-14-13-30(45-20-19-44-18-17-43-4)23-31(32)34(42)38-36-24-26-9-8-12-29(35)22-26/h7-14,21-24H,5-6,15-20,25H2,1-4H3,(H,37,41)(H,38,42)/b36-24+. The van der Waals surface area contributed by atoms with Gasteiger partial charge in [0, 0.05) is 32.3 Å². The average molecular weight is 622 g/mol. The van der Waals surface area contributed by atoms with Crippen LogP contribution in [0.1, 0.15) is 45.7 Å². The summed E-state index contributed by atoms with van der Waals surface area (Å²) < 4.78 is 29.7. The summed E-state index contributed by atoms with van der Waals surface area (Å²) in [5, 5.41) is 6.82. The minimum absolute atomic E-state index is 0.143. The summed E-state index contributed by atoms with van der Waals surface area (Å²) in [4.78, 5) is 31.2. The molecule has 3 rings (SSSR count). The van der Waals surface area contributed by atoms with Gasteiger partial charge in [0.2, 0.25) is 0 Å². The molecule has 0 aromatic heterocycles. The summed E-state index contributed by atoms with van der Waals surface area (Å²) in [6.45, 7) is 10.4. The van der Waals surface area contributed by atoms with Gasteiger partial charge in [-0.1, -0.05) is 38.1 Å². The van der Waals surface area contributed by atoms with Gasteiger partial charge in [0.15, 0.2) is 0 Å². The second-order valence-electron chi connectivity index (χ2n) is 10.3. The molecule has 3 aromatic rings. The van der Waals surface area contributed by atoms with E-state index >= 15 is 0 Å². The molecule has 10 nitrogen and oxygen atoms in total. The fraction of sp³-hybridized carbons (Fsp3) is 0.382. The SMILES string of the molecule is CCN(CC)CCN(C)Cc1cccc(C(=O)Nc2ccc(OCCOCCOC)cc2C(=O)N/N=C/c2cccc(F)c2)c1. The van der Waals surface area contributed by atoms with Gasteiger partial charge in [-0.3, -0.25) is 9.59 Å². The number of benzene rings is 3. The van der Waals surface area contributed by atoms with Crippen LogP contribution in [-0.2, 0) is 16.0 Å². The molecule has 0 radical (unpaired) electrons. The number of carbonyl (C=O) groups is 2. The largest absolute Gasteiger partial charge is 0.491 e. The van der Waals surface area contributed by atoms with Crippen LogP contribution in [0.5, 0.6) is 5.75 Å². The van der Waals surface area contributed by atoms with Gasteiger partial charge in [-0.25, -0.2) is 9.82 Å². The zero-order valence-electron chi connectivity index (χ0n) is 26.6. The van der Waals surface area contributed by atoms with Crippen LogP contribution < -0.4 is 15.5 Å². The number of hydrazone groups is 1. The van der Waals surface area contributed by atoms with Gasteiger partial charge in [-0.15, -0.1) is 0 Å². The number of nitrogens with one attached hydrogen (secondary N) is 2. The van der Waals surface area contributed by atoms with E-state index in [2.05, 4.69) is 46.5 Å². The van der Waals surface area contributed by atoms with Crippen molar-refractivity contribution in [2.75, 3.05) is 72.1 Å². The maximum absolute atomic E-state index is 13.5. The summed E-state index contributed by atoms with van der Waals surface area (Å²) in [5.41, 5.74) is 4.83. The van der Waals surface area contributed by atoms with Crippen LogP contribution in [0.3, 0.4) is 0 Å². The molecule has 45 heavy (non-hydrogen) atoms. The molecule has 2 N–H and O–H groups in total. The molecule has 0 aliphatic rings. The highest BCUT2D eigenvalue weighted by molar-refractivity contribution is 6.09. The number of amides is 2. The smallest absolute Gasteiger partial charge is 0.273 e. The summed E-state index contributed by atoms with van der Waals surface area (Å²) in [6, 6.07) is 18.0. The number of hydrogen-bond acceptors (Lipinski definition) is 8. The first-order valence-corrected chi connectivity index (χ1v) is 15.1. The monoisotopic (exact) mass is 621 g/mol. The maximum atomic E-state index is 13.5. The Hall–Kier alpha value is -4.16. The number of anilines is 1. The summed E-state index contributed by atoms with van der Waals surface area (Å²) >= 11 is 0. The number of hydrogen-bond donors (Lipinski definition) is 2. The molecule has 0 heterocycles. The molecule has 0 spiro atoms. The molecule has 0 saturated carbocycles. The molecular formula is C34H44FN5O5. The van der Waals surface area contributed by atoms with Crippen LogP contribution in [-0.4, -0.2) is 94.6 Å². The number of carbonyl (C=O) groups excluding carboxylic acids is 2. The fourth-order valence-corrected chi connectivity index (χ4v) is 4.43. The lowest BCUT2D eigenvalue weighted by Gasteiger charge is -2.23. The van der Waals surface area contributed by atoms with E-state index in [1.807, 2.05) is 18.2 Å². The van der Waals surface area contributed by atoms with E-state index in [0.29, 0.717) is 43.2 Å². The third-order valence-corrected chi connectivity index (χ3v) is 6.97. The molecule has 0 aliphatic heterocycles. The van der Waals surface area contributed by atoms with E-state index in [4.69, 9.17) is 14.2 Å². The van der Waals surface area contributed by atoms with E-state index in [1.54, 1.807) is 37.4 Å². The van der Waals surface area contributed by atoms with Gasteiger partial charge in [-0.2, -0.15) is 5.10 Å². The molecule has 0 atom stereocenters. The predicted octanol–water partition coefficient (Wildman–Crippen LogP) is 4.66. The second kappa shape index (κ2) is 19.3. The normalized spacial score (nSPS) is 11.4. The molecule has 2 amide bonds. The quantitative estimate of drug-likeness (QED) is 0.114. The first kappa shape index (κ1) is 35.3. The lowest BCUT2D eigenvalue weighted by molar-refractivity contribution is 0.0544. The molecule has 242 valence electrons. The topological polar surface area (TPSA) is 105 Å². The van der Waals surface area contributed by atoms with Gasteiger partial charge in [0.1, 0.15) is 18.2 Å².